The molecule has 1 aromatic rings. The molecule has 2 unspecified atom stereocenters. The van der Waals surface area contributed by atoms with E-state index in [4.69, 9.17) is 0 Å². The molecule has 0 aromatic carbocycles. The first-order valence-corrected chi connectivity index (χ1v) is 7.43. The molecule has 1 aliphatic rings. The predicted molar refractivity (Wildman–Crippen MR) is 72.6 cm³/mol. The number of aliphatic hydroxyl groups excluding tert-OH is 1. The lowest BCUT2D eigenvalue weighted by Crippen LogP contribution is -2.46. The van der Waals surface area contributed by atoms with Crippen LogP contribution in [0.1, 0.15) is 32.6 Å². The van der Waals surface area contributed by atoms with Gasteiger partial charge in [-0.3, -0.25) is 0 Å². The minimum atomic E-state index is -0.0771. The van der Waals surface area contributed by atoms with E-state index in [1.54, 1.807) is 18.1 Å². The van der Waals surface area contributed by atoms with Crippen molar-refractivity contribution in [2.24, 2.45) is 7.05 Å². The lowest BCUT2D eigenvalue weighted by atomic mass is 9.99. The molecular weight excluding hydrogens is 248 g/mol. The maximum Gasteiger partial charge on any atom is 0.186 e. The molecular formula is C12H22N4OS. The summed E-state index contributed by atoms with van der Waals surface area (Å²) in [7, 11) is 1.92. The van der Waals surface area contributed by atoms with E-state index in [1.165, 1.54) is 0 Å². The number of thioether (sulfide) groups is 1. The van der Waals surface area contributed by atoms with Crippen molar-refractivity contribution in [2.45, 2.75) is 48.6 Å². The van der Waals surface area contributed by atoms with E-state index < -0.39 is 0 Å². The number of hydrogen-bond donors (Lipinski definition) is 2. The van der Waals surface area contributed by atoms with Gasteiger partial charge in [-0.1, -0.05) is 18.7 Å². The Kier molecular flexibility index (Phi) is 4.64. The van der Waals surface area contributed by atoms with Crippen LogP contribution in [0.3, 0.4) is 0 Å². The first-order valence-electron chi connectivity index (χ1n) is 6.55. The van der Waals surface area contributed by atoms with Crippen LogP contribution >= 0.6 is 11.8 Å². The maximum atomic E-state index is 9.64. The summed E-state index contributed by atoms with van der Waals surface area (Å²) in [5.74, 6) is 0. The van der Waals surface area contributed by atoms with Crippen LogP contribution in [-0.4, -0.2) is 43.8 Å². The van der Waals surface area contributed by atoms with Crippen LogP contribution in [0.4, 0.5) is 0 Å². The van der Waals surface area contributed by atoms with Crippen molar-refractivity contribution in [3.8, 4) is 0 Å². The summed E-state index contributed by atoms with van der Waals surface area (Å²) in [6.07, 6.45) is 5.85. The van der Waals surface area contributed by atoms with Crippen LogP contribution in [-0.2, 0) is 7.05 Å². The van der Waals surface area contributed by atoms with Gasteiger partial charge in [-0.2, -0.15) is 5.10 Å². The van der Waals surface area contributed by atoms with E-state index >= 15 is 0 Å². The van der Waals surface area contributed by atoms with Crippen molar-refractivity contribution in [3.05, 3.63) is 6.33 Å². The van der Waals surface area contributed by atoms with E-state index in [0.29, 0.717) is 5.25 Å². The monoisotopic (exact) mass is 270 g/mol. The molecule has 18 heavy (non-hydrogen) atoms. The van der Waals surface area contributed by atoms with E-state index in [1.807, 2.05) is 11.7 Å². The smallest absolute Gasteiger partial charge is 0.186 e. The van der Waals surface area contributed by atoms with Crippen molar-refractivity contribution in [1.82, 2.24) is 20.1 Å². The standard InChI is InChI=1S/C12H22N4OS/c1-3-6-14-12(8-17)5-4-10(7-12)18-11-13-9-15-16(11)2/h9-10,14,17H,3-8H2,1-2H3. The van der Waals surface area contributed by atoms with Crippen LogP contribution < -0.4 is 5.32 Å². The van der Waals surface area contributed by atoms with Crippen LogP contribution in [0.25, 0.3) is 0 Å². The van der Waals surface area contributed by atoms with Crippen LogP contribution in [0.15, 0.2) is 11.5 Å². The molecule has 102 valence electrons. The molecule has 0 aliphatic heterocycles. The van der Waals surface area contributed by atoms with Gasteiger partial charge >= 0.3 is 0 Å². The summed E-state index contributed by atoms with van der Waals surface area (Å²) in [5.41, 5.74) is -0.0771. The number of aryl methyl sites for hydroxylation is 1. The van der Waals surface area contributed by atoms with E-state index in [-0.39, 0.29) is 12.1 Å². The minimum Gasteiger partial charge on any atom is -0.394 e. The molecule has 1 heterocycles. The normalized spacial score (nSPS) is 27.8. The lowest BCUT2D eigenvalue weighted by Gasteiger charge is -2.28. The van der Waals surface area contributed by atoms with Crippen molar-refractivity contribution in [3.63, 3.8) is 0 Å². The fourth-order valence-corrected chi connectivity index (χ4v) is 3.71. The number of nitrogens with one attached hydrogen (secondary N) is 1. The van der Waals surface area contributed by atoms with E-state index in [9.17, 15) is 5.11 Å². The Hall–Kier alpha value is -0.590. The molecule has 0 saturated heterocycles. The summed E-state index contributed by atoms with van der Waals surface area (Å²) in [6, 6.07) is 0. The van der Waals surface area contributed by atoms with Gasteiger partial charge in [-0.15, -0.1) is 0 Å². The first-order chi connectivity index (χ1) is 8.69. The molecule has 0 amide bonds. The van der Waals surface area contributed by atoms with Gasteiger partial charge in [0.1, 0.15) is 6.33 Å². The summed E-state index contributed by atoms with van der Waals surface area (Å²) in [4.78, 5) is 4.25. The Morgan fingerprint density at radius 2 is 2.50 bits per heavy atom. The maximum absolute atomic E-state index is 9.64. The van der Waals surface area contributed by atoms with E-state index in [0.717, 1.165) is 37.4 Å². The van der Waals surface area contributed by atoms with Gasteiger partial charge in [0, 0.05) is 17.8 Å². The topological polar surface area (TPSA) is 63.0 Å². The highest BCUT2D eigenvalue weighted by molar-refractivity contribution is 7.99. The molecule has 0 radical (unpaired) electrons. The zero-order valence-electron chi connectivity index (χ0n) is 11.1. The number of hydrogen-bond acceptors (Lipinski definition) is 5. The second-order valence-corrected chi connectivity index (χ2v) is 6.28. The van der Waals surface area contributed by atoms with Gasteiger partial charge in [0.2, 0.25) is 0 Å². The number of aliphatic hydroxyl groups is 1. The van der Waals surface area contributed by atoms with Crippen molar-refractivity contribution in [2.75, 3.05) is 13.2 Å². The molecule has 0 bridgehead atoms. The summed E-state index contributed by atoms with van der Waals surface area (Å²) < 4.78 is 1.81. The number of rotatable bonds is 6. The number of aromatic nitrogens is 3. The van der Waals surface area contributed by atoms with Gasteiger partial charge < -0.3 is 10.4 Å². The zero-order valence-corrected chi connectivity index (χ0v) is 11.9. The second kappa shape index (κ2) is 6.04. The second-order valence-electron chi connectivity index (χ2n) is 5.01. The molecule has 2 atom stereocenters. The lowest BCUT2D eigenvalue weighted by molar-refractivity contribution is 0.165. The number of nitrogens with zero attached hydrogens (tertiary/aromatic N) is 3. The van der Waals surface area contributed by atoms with Crippen molar-refractivity contribution < 1.29 is 5.11 Å². The van der Waals surface area contributed by atoms with E-state index in [2.05, 4.69) is 22.3 Å². The fraction of sp³-hybridized carbons (Fsp3) is 0.833. The average molecular weight is 270 g/mol. The van der Waals surface area contributed by atoms with Gasteiger partial charge in [0.25, 0.3) is 0 Å². The molecule has 6 heteroatoms. The molecule has 1 aromatic heterocycles. The molecule has 1 saturated carbocycles. The Bertz CT molecular complexity index is 384. The predicted octanol–water partition coefficient (Wildman–Crippen LogP) is 1.19. The average Bonchev–Trinajstić information content (AvgIpc) is 2.96. The SMILES string of the molecule is CCCNC1(CO)CCC(Sc2ncnn2C)C1. The molecule has 2 rings (SSSR count). The molecule has 1 aliphatic carbocycles. The third kappa shape index (κ3) is 3.05. The summed E-state index contributed by atoms with van der Waals surface area (Å²) in [6.45, 7) is 3.35. The first kappa shape index (κ1) is 13.8. The van der Waals surface area contributed by atoms with Gasteiger partial charge in [-0.05, 0) is 32.2 Å². The Labute approximate surface area is 112 Å². The van der Waals surface area contributed by atoms with Crippen molar-refractivity contribution in [1.29, 1.82) is 0 Å². The molecule has 2 N–H and O–H groups in total. The third-order valence-corrected chi connectivity index (χ3v) is 4.87. The molecule has 0 spiro atoms. The summed E-state index contributed by atoms with van der Waals surface area (Å²) >= 11 is 1.77. The largest absolute Gasteiger partial charge is 0.394 e. The van der Waals surface area contributed by atoms with Gasteiger partial charge in [0.05, 0.1) is 6.61 Å². The Morgan fingerprint density at radius 3 is 3.11 bits per heavy atom. The highest BCUT2D eigenvalue weighted by Gasteiger charge is 2.38. The minimum absolute atomic E-state index is 0.0771. The molecule has 5 nitrogen and oxygen atoms in total. The highest BCUT2D eigenvalue weighted by Crippen LogP contribution is 2.39. The highest BCUT2D eigenvalue weighted by atomic mass is 32.2. The van der Waals surface area contributed by atoms with Crippen LogP contribution in [0.5, 0.6) is 0 Å². The van der Waals surface area contributed by atoms with Gasteiger partial charge in [-0.25, -0.2) is 9.67 Å². The third-order valence-electron chi connectivity index (χ3n) is 3.56. The Morgan fingerprint density at radius 1 is 1.67 bits per heavy atom. The Balaban J connectivity index is 1.92. The van der Waals surface area contributed by atoms with Crippen molar-refractivity contribution >= 4 is 11.8 Å². The summed E-state index contributed by atoms with van der Waals surface area (Å²) in [5, 5.41) is 18.7. The van der Waals surface area contributed by atoms with Gasteiger partial charge in [0.15, 0.2) is 5.16 Å². The quantitative estimate of drug-likeness (QED) is 0.813. The fourth-order valence-electron chi connectivity index (χ4n) is 2.47. The zero-order chi connectivity index (χ0) is 13.0. The van der Waals surface area contributed by atoms with Crippen LogP contribution in [0.2, 0.25) is 0 Å². The van der Waals surface area contributed by atoms with Crippen LogP contribution in [0, 0.1) is 0 Å². The molecule has 1 fully saturated rings.